The van der Waals surface area contributed by atoms with Gasteiger partial charge < -0.3 is 19.5 Å². The van der Waals surface area contributed by atoms with Crippen molar-refractivity contribution in [3.63, 3.8) is 0 Å². The third-order valence-electron chi connectivity index (χ3n) is 6.84. The topological polar surface area (TPSA) is 59.0 Å². The van der Waals surface area contributed by atoms with E-state index in [1.54, 1.807) is 20.3 Å². The van der Waals surface area contributed by atoms with Crippen molar-refractivity contribution in [3.05, 3.63) is 65.7 Å². The molecule has 3 unspecified atom stereocenters. The highest BCUT2D eigenvalue weighted by molar-refractivity contribution is 5.92. The van der Waals surface area contributed by atoms with Gasteiger partial charge >= 0.3 is 0 Å². The number of carbonyl (C=O) groups is 1. The fourth-order valence-electron chi connectivity index (χ4n) is 5.20. The van der Waals surface area contributed by atoms with Crippen LogP contribution in [0.5, 0.6) is 11.5 Å². The van der Waals surface area contributed by atoms with Crippen molar-refractivity contribution in [2.24, 2.45) is 5.92 Å². The second-order valence-corrected chi connectivity index (χ2v) is 8.53. The first-order valence-electron chi connectivity index (χ1n) is 11.0. The van der Waals surface area contributed by atoms with Crippen molar-refractivity contribution < 1.29 is 19.4 Å². The Morgan fingerprint density at radius 2 is 1.84 bits per heavy atom. The molecule has 2 aromatic carbocycles. The fourth-order valence-corrected chi connectivity index (χ4v) is 5.20. The Balaban J connectivity index is 1.65. The van der Waals surface area contributed by atoms with Gasteiger partial charge in [-0.3, -0.25) is 4.79 Å². The van der Waals surface area contributed by atoms with Crippen LogP contribution in [0.3, 0.4) is 0 Å². The molecule has 3 atom stereocenters. The molecule has 1 saturated carbocycles. The smallest absolute Gasteiger partial charge is 0.247 e. The third kappa shape index (κ3) is 4.33. The lowest BCUT2D eigenvalue weighted by Crippen LogP contribution is -2.56. The Labute approximate surface area is 184 Å². The van der Waals surface area contributed by atoms with E-state index in [9.17, 15) is 9.90 Å². The molecule has 1 amide bonds. The largest absolute Gasteiger partial charge is 0.497 e. The summed E-state index contributed by atoms with van der Waals surface area (Å²) >= 11 is 0. The minimum Gasteiger partial charge on any atom is -0.497 e. The van der Waals surface area contributed by atoms with E-state index in [1.165, 1.54) is 0 Å². The number of amides is 1. The molecule has 2 aromatic rings. The predicted octanol–water partition coefficient (Wildman–Crippen LogP) is 4.61. The zero-order valence-corrected chi connectivity index (χ0v) is 18.3. The highest BCUT2D eigenvalue weighted by atomic mass is 16.5. The van der Waals surface area contributed by atoms with Gasteiger partial charge in [-0.25, -0.2) is 0 Å². The number of likely N-dealkylation sites (tertiary alicyclic amines) is 1. The number of fused-ring (bicyclic) bond motifs is 1. The zero-order chi connectivity index (χ0) is 21.8. The van der Waals surface area contributed by atoms with E-state index in [-0.39, 0.29) is 17.9 Å². The lowest BCUT2D eigenvalue weighted by Gasteiger charge is -2.52. The molecular weight excluding hydrogens is 390 g/mol. The van der Waals surface area contributed by atoms with Crippen LogP contribution in [0, 0.1) is 5.92 Å². The number of benzene rings is 2. The molecule has 31 heavy (non-hydrogen) atoms. The lowest BCUT2D eigenvalue weighted by atomic mass is 9.66. The summed E-state index contributed by atoms with van der Waals surface area (Å²) in [6, 6.07) is 15.3. The van der Waals surface area contributed by atoms with Crippen LogP contribution in [0.1, 0.15) is 49.3 Å². The monoisotopic (exact) mass is 421 g/mol. The van der Waals surface area contributed by atoms with Gasteiger partial charge in [-0.1, -0.05) is 43.2 Å². The Bertz CT molecular complexity index is 939. The number of hydrogen-bond donors (Lipinski definition) is 1. The van der Waals surface area contributed by atoms with Crippen molar-refractivity contribution >= 4 is 12.0 Å². The highest BCUT2D eigenvalue weighted by Crippen LogP contribution is 2.50. The van der Waals surface area contributed by atoms with Gasteiger partial charge in [0, 0.05) is 24.1 Å². The van der Waals surface area contributed by atoms with E-state index >= 15 is 0 Å². The van der Waals surface area contributed by atoms with Gasteiger partial charge in [0.1, 0.15) is 11.5 Å². The molecule has 0 bridgehead atoms. The quantitative estimate of drug-likeness (QED) is 0.716. The van der Waals surface area contributed by atoms with Gasteiger partial charge in [0.05, 0.1) is 25.9 Å². The molecule has 1 saturated heterocycles. The molecule has 0 spiro atoms. The van der Waals surface area contributed by atoms with Crippen molar-refractivity contribution in [2.45, 2.75) is 43.7 Å². The van der Waals surface area contributed by atoms with Gasteiger partial charge in [0.15, 0.2) is 0 Å². The van der Waals surface area contributed by atoms with E-state index in [2.05, 4.69) is 0 Å². The van der Waals surface area contributed by atoms with Crippen LogP contribution in [-0.4, -0.2) is 42.3 Å². The Morgan fingerprint density at radius 1 is 1.06 bits per heavy atom. The molecule has 164 valence electrons. The van der Waals surface area contributed by atoms with E-state index < -0.39 is 5.60 Å². The third-order valence-corrected chi connectivity index (χ3v) is 6.84. The van der Waals surface area contributed by atoms with E-state index in [0.29, 0.717) is 13.0 Å². The molecule has 0 radical (unpaired) electrons. The van der Waals surface area contributed by atoms with E-state index in [4.69, 9.17) is 9.47 Å². The van der Waals surface area contributed by atoms with Gasteiger partial charge in [0.25, 0.3) is 0 Å². The molecule has 1 aliphatic heterocycles. The van der Waals surface area contributed by atoms with Crippen molar-refractivity contribution in [1.82, 2.24) is 4.90 Å². The maximum absolute atomic E-state index is 13.3. The minimum atomic E-state index is -0.722. The number of hydrogen-bond acceptors (Lipinski definition) is 4. The second-order valence-electron chi connectivity index (χ2n) is 8.53. The number of aliphatic hydroxyl groups is 1. The van der Waals surface area contributed by atoms with Crippen LogP contribution >= 0.6 is 0 Å². The first-order valence-corrected chi connectivity index (χ1v) is 11.0. The average Bonchev–Trinajstić information content (AvgIpc) is 2.81. The summed E-state index contributed by atoms with van der Waals surface area (Å²) in [5.41, 5.74) is 1.19. The summed E-state index contributed by atoms with van der Waals surface area (Å²) in [4.78, 5) is 15.3. The number of methoxy groups -OCH3 is 2. The Hall–Kier alpha value is -2.79. The van der Waals surface area contributed by atoms with Crippen LogP contribution in [0.25, 0.3) is 6.08 Å². The molecule has 2 aliphatic rings. The van der Waals surface area contributed by atoms with Crippen LogP contribution in [-0.2, 0) is 4.79 Å². The molecule has 1 aliphatic carbocycles. The standard InChI is InChI=1S/C26H31NO4/c1-30-20-13-10-19(11-14-20)12-15-24(28)27-18-17-26(29)16-6-5-8-22(26)25(27)21-7-3-4-9-23(21)31-2/h3-4,7,9-15,22,25,29H,5-6,8,16-18H2,1-2H3. The van der Waals surface area contributed by atoms with Gasteiger partial charge in [-0.2, -0.15) is 0 Å². The number of piperidine rings is 1. The predicted molar refractivity (Wildman–Crippen MR) is 121 cm³/mol. The Morgan fingerprint density at radius 3 is 2.58 bits per heavy atom. The maximum atomic E-state index is 13.3. The normalized spacial score (nSPS) is 25.8. The average molecular weight is 422 g/mol. The van der Waals surface area contributed by atoms with Crippen LogP contribution in [0.15, 0.2) is 54.6 Å². The van der Waals surface area contributed by atoms with E-state index in [0.717, 1.165) is 48.3 Å². The Kier molecular flexibility index (Phi) is 6.33. The summed E-state index contributed by atoms with van der Waals surface area (Å²) in [5.74, 6) is 1.51. The van der Waals surface area contributed by atoms with E-state index in [1.807, 2.05) is 59.5 Å². The SMILES string of the molecule is COc1ccc(C=CC(=O)N2CCC3(O)CCCCC3C2c2ccccc2OC)cc1. The molecular formula is C26H31NO4. The molecule has 0 aromatic heterocycles. The van der Waals surface area contributed by atoms with Crippen LogP contribution in [0.2, 0.25) is 0 Å². The van der Waals surface area contributed by atoms with Crippen molar-refractivity contribution in [3.8, 4) is 11.5 Å². The van der Waals surface area contributed by atoms with Crippen LogP contribution in [0.4, 0.5) is 0 Å². The summed E-state index contributed by atoms with van der Waals surface area (Å²) in [6.07, 6.45) is 7.91. The summed E-state index contributed by atoms with van der Waals surface area (Å²) in [7, 11) is 3.29. The first-order chi connectivity index (χ1) is 15.1. The summed E-state index contributed by atoms with van der Waals surface area (Å²) < 4.78 is 10.8. The maximum Gasteiger partial charge on any atom is 0.247 e. The fraction of sp³-hybridized carbons (Fsp3) is 0.423. The molecule has 1 heterocycles. The zero-order valence-electron chi connectivity index (χ0n) is 18.3. The highest BCUT2D eigenvalue weighted by Gasteiger charge is 2.50. The molecule has 5 nitrogen and oxygen atoms in total. The van der Waals surface area contributed by atoms with Gasteiger partial charge in [-0.05, 0) is 49.1 Å². The number of rotatable bonds is 5. The van der Waals surface area contributed by atoms with Gasteiger partial charge in [-0.15, -0.1) is 0 Å². The van der Waals surface area contributed by atoms with Crippen LogP contribution < -0.4 is 9.47 Å². The molecule has 1 N–H and O–H groups in total. The molecule has 4 rings (SSSR count). The minimum absolute atomic E-state index is 0.00429. The summed E-state index contributed by atoms with van der Waals surface area (Å²) in [6.45, 7) is 0.529. The molecule has 2 fully saturated rings. The van der Waals surface area contributed by atoms with Crippen molar-refractivity contribution in [1.29, 1.82) is 0 Å². The van der Waals surface area contributed by atoms with Gasteiger partial charge in [0.2, 0.25) is 5.91 Å². The number of ether oxygens (including phenoxy) is 2. The summed E-state index contributed by atoms with van der Waals surface area (Å²) in [5, 5.41) is 11.4. The first kappa shape index (κ1) is 21.4. The lowest BCUT2D eigenvalue weighted by molar-refractivity contribution is -0.151. The second kappa shape index (κ2) is 9.15. The van der Waals surface area contributed by atoms with Crippen molar-refractivity contribution in [2.75, 3.05) is 20.8 Å². The number of nitrogens with zero attached hydrogens (tertiary/aromatic N) is 1. The number of carbonyl (C=O) groups excluding carboxylic acids is 1. The molecule has 5 heteroatoms. The number of para-hydroxylation sites is 1.